The molecule has 1 aliphatic carbocycles. The Morgan fingerprint density at radius 1 is 1.13 bits per heavy atom. The Hall–Kier alpha value is -1.72. The van der Waals surface area contributed by atoms with Gasteiger partial charge < -0.3 is 9.80 Å². The Morgan fingerprint density at radius 2 is 1.91 bits per heavy atom. The molecular formula is C18H27N3O2+2. The van der Waals surface area contributed by atoms with E-state index in [1.165, 1.54) is 52.0 Å². The maximum absolute atomic E-state index is 10.9. The van der Waals surface area contributed by atoms with Gasteiger partial charge in [-0.3, -0.25) is 10.1 Å². The minimum atomic E-state index is -0.306. The van der Waals surface area contributed by atoms with Crippen LogP contribution < -0.4 is 9.80 Å². The third kappa shape index (κ3) is 4.62. The lowest BCUT2D eigenvalue weighted by Gasteiger charge is -2.32. The van der Waals surface area contributed by atoms with Gasteiger partial charge in [-0.1, -0.05) is 24.3 Å². The van der Waals surface area contributed by atoms with Gasteiger partial charge in [-0.2, -0.15) is 0 Å². The first-order chi connectivity index (χ1) is 11.2. The molecule has 1 aromatic rings. The van der Waals surface area contributed by atoms with Gasteiger partial charge in [0.1, 0.15) is 32.7 Å². The summed E-state index contributed by atoms with van der Waals surface area (Å²) >= 11 is 0. The summed E-state index contributed by atoms with van der Waals surface area (Å²) in [7, 11) is 0. The van der Waals surface area contributed by atoms with Gasteiger partial charge in [-0.05, 0) is 19.3 Å². The predicted molar refractivity (Wildman–Crippen MR) is 89.5 cm³/mol. The number of piperazine rings is 1. The van der Waals surface area contributed by atoms with E-state index in [9.17, 15) is 10.1 Å². The number of nitro groups is 1. The molecule has 1 aromatic carbocycles. The Kier molecular flexibility index (Phi) is 5.41. The Balaban J connectivity index is 1.46. The molecule has 3 rings (SSSR count). The van der Waals surface area contributed by atoms with Crippen LogP contribution >= 0.6 is 0 Å². The summed E-state index contributed by atoms with van der Waals surface area (Å²) in [6.45, 7) is 7.01. The molecule has 23 heavy (non-hydrogen) atoms. The summed E-state index contributed by atoms with van der Waals surface area (Å²) in [5.74, 6) is 0.869. The molecule has 5 heteroatoms. The van der Waals surface area contributed by atoms with Gasteiger partial charge in [-0.15, -0.1) is 0 Å². The quantitative estimate of drug-likeness (QED) is 0.464. The molecular weight excluding hydrogens is 290 g/mol. The van der Waals surface area contributed by atoms with Crippen molar-refractivity contribution in [1.82, 2.24) is 0 Å². The maximum Gasteiger partial charge on any atom is 0.269 e. The fraction of sp³-hybridized carbons (Fsp3) is 0.556. The van der Waals surface area contributed by atoms with Crippen molar-refractivity contribution in [2.75, 3.05) is 32.7 Å². The molecule has 1 fully saturated rings. The van der Waals surface area contributed by atoms with Crippen molar-refractivity contribution >= 4 is 5.69 Å². The van der Waals surface area contributed by atoms with Gasteiger partial charge in [0.2, 0.25) is 0 Å². The van der Waals surface area contributed by atoms with E-state index in [2.05, 4.69) is 12.2 Å². The van der Waals surface area contributed by atoms with Crippen molar-refractivity contribution in [2.45, 2.75) is 25.8 Å². The van der Waals surface area contributed by atoms with E-state index in [0.717, 1.165) is 18.0 Å². The summed E-state index contributed by atoms with van der Waals surface area (Å²) in [5.41, 5.74) is 1.28. The molecule has 0 saturated carbocycles. The first-order valence-corrected chi connectivity index (χ1v) is 8.76. The fourth-order valence-corrected chi connectivity index (χ4v) is 3.86. The average Bonchev–Trinajstić information content (AvgIpc) is 2.58. The largest absolute Gasteiger partial charge is 0.325 e. The van der Waals surface area contributed by atoms with Gasteiger partial charge in [0.05, 0.1) is 11.5 Å². The monoisotopic (exact) mass is 317 g/mol. The lowest BCUT2D eigenvalue weighted by atomic mass is 9.94. The predicted octanol–water partition coefficient (Wildman–Crippen LogP) is 0.235. The first kappa shape index (κ1) is 16.1. The van der Waals surface area contributed by atoms with Crippen LogP contribution in [0.3, 0.4) is 0 Å². The zero-order chi connectivity index (χ0) is 16.1. The molecule has 124 valence electrons. The average molecular weight is 317 g/mol. The second kappa shape index (κ2) is 7.70. The van der Waals surface area contributed by atoms with Crippen molar-refractivity contribution in [3.05, 3.63) is 52.1 Å². The minimum Gasteiger partial charge on any atom is -0.325 e. The summed E-state index contributed by atoms with van der Waals surface area (Å²) in [6.07, 6.45) is 8.52. The molecule has 0 amide bonds. The minimum absolute atomic E-state index is 0.205. The molecule has 1 saturated heterocycles. The zero-order valence-corrected chi connectivity index (χ0v) is 13.7. The molecule has 2 N–H and O–H groups in total. The van der Waals surface area contributed by atoms with Crippen LogP contribution in [0, 0.1) is 16.0 Å². The van der Waals surface area contributed by atoms with Gasteiger partial charge in [0.15, 0.2) is 0 Å². The van der Waals surface area contributed by atoms with E-state index in [4.69, 9.17) is 0 Å². The van der Waals surface area contributed by atoms with Crippen LogP contribution in [0.1, 0.15) is 24.8 Å². The van der Waals surface area contributed by atoms with Gasteiger partial charge in [-0.25, -0.2) is 0 Å². The number of allylic oxidation sites excluding steroid dienone is 2. The Bertz CT molecular complexity index is 565. The number of hydrogen-bond donors (Lipinski definition) is 2. The number of hydrogen-bond acceptors (Lipinski definition) is 2. The summed E-state index contributed by atoms with van der Waals surface area (Å²) in [5, 5.41) is 10.9. The van der Waals surface area contributed by atoms with E-state index >= 15 is 0 Å². The van der Waals surface area contributed by atoms with Crippen LogP contribution in [0.2, 0.25) is 0 Å². The van der Waals surface area contributed by atoms with Crippen molar-refractivity contribution in [1.29, 1.82) is 0 Å². The fourth-order valence-electron chi connectivity index (χ4n) is 3.86. The van der Waals surface area contributed by atoms with Crippen molar-refractivity contribution in [3.63, 3.8) is 0 Å². The number of nitro benzene ring substituents is 1. The summed E-state index contributed by atoms with van der Waals surface area (Å²) < 4.78 is 0. The zero-order valence-electron chi connectivity index (χ0n) is 13.7. The lowest BCUT2D eigenvalue weighted by molar-refractivity contribution is -1.02. The third-order valence-corrected chi connectivity index (χ3v) is 5.19. The van der Waals surface area contributed by atoms with Gasteiger partial charge in [0, 0.05) is 23.6 Å². The Labute approximate surface area is 137 Å². The standard InChI is InChI=1S/C18H25N3O2/c22-21(23)18-8-4-7-17(13-18)15-20-11-9-19(10-12-20)14-16-5-2-1-3-6-16/h1-2,4,7-8,13,16H,3,5-6,9-12,14-15H2/p+2. The molecule has 0 bridgehead atoms. The molecule has 5 nitrogen and oxygen atoms in total. The summed E-state index contributed by atoms with van der Waals surface area (Å²) in [4.78, 5) is 13.9. The molecule has 1 aliphatic heterocycles. The van der Waals surface area contributed by atoms with E-state index in [-0.39, 0.29) is 10.6 Å². The molecule has 1 atom stereocenters. The number of nitrogens with zero attached hydrogens (tertiary/aromatic N) is 1. The number of nitrogens with one attached hydrogen (secondary N) is 2. The number of rotatable bonds is 5. The van der Waals surface area contributed by atoms with Crippen molar-refractivity contribution < 1.29 is 14.7 Å². The van der Waals surface area contributed by atoms with Crippen molar-refractivity contribution in [2.24, 2.45) is 5.92 Å². The highest BCUT2D eigenvalue weighted by molar-refractivity contribution is 5.33. The molecule has 0 radical (unpaired) electrons. The van der Waals surface area contributed by atoms with E-state index in [1.807, 2.05) is 6.07 Å². The van der Waals surface area contributed by atoms with Crippen LogP contribution in [0.4, 0.5) is 5.69 Å². The first-order valence-electron chi connectivity index (χ1n) is 8.76. The second-order valence-electron chi connectivity index (χ2n) is 6.96. The molecule has 0 aromatic heterocycles. The smallest absolute Gasteiger partial charge is 0.269 e. The molecule has 1 unspecified atom stereocenters. The summed E-state index contributed by atoms with van der Waals surface area (Å²) in [6, 6.07) is 7.10. The molecule has 2 aliphatic rings. The topological polar surface area (TPSA) is 52.0 Å². The van der Waals surface area contributed by atoms with Crippen LogP contribution in [0.5, 0.6) is 0 Å². The lowest BCUT2D eigenvalue weighted by Crippen LogP contribution is -3.27. The number of quaternary nitrogens is 2. The maximum atomic E-state index is 10.9. The van der Waals surface area contributed by atoms with Gasteiger partial charge in [0.25, 0.3) is 5.69 Å². The normalized spacial score (nSPS) is 27.7. The van der Waals surface area contributed by atoms with Crippen LogP contribution in [-0.4, -0.2) is 37.6 Å². The highest BCUT2D eigenvalue weighted by Gasteiger charge is 2.25. The van der Waals surface area contributed by atoms with Crippen LogP contribution in [0.25, 0.3) is 0 Å². The third-order valence-electron chi connectivity index (χ3n) is 5.19. The van der Waals surface area contributed by atoms with Crippen LogP contribution in [-0.2, 0) is 6.54 Å². The van der Waals surface area contributed by atoms with Crippen molar-refractivity contribution in [3.8, 4) is 0 Å². The van der Waals surface area contributed by atoms with E-state index < -0.39 is 0 Å². The highest BCUT2D eigenvalue weighted by Crippen LogP contribution is 2.16. The number of non-ortho nitro benzene ring substituents is 1. The van der Waals surface area contributed by atoms with Gasteiger partial charge >= 0.3 is 0 Å². The SMILES string of the molecule is O=[N+]([O-])c1cccc(C[NH+]2CC[NH+](CC3CC=CCC3)CC2)c1. The van der Waals surface area contributed by atoms with E-state index in [0.29, 0.717) is 0 Å². The Morgan fingerprint density at radius 3 is 2.61 bits per heavy atom. The molecule has 0 spiro atoms. The molecule has 1 heterocycles. The highest BCUT2D eigenvalue weighted by atomic mass is 16.6. The number of benzene rings is 1. The second-order valence-corrected chi connectivity index (χ2v) is 6.96. The van der Waals surface area contributed by atoms with E-state index in [1.54, 1.807) is 28.0 Å². The van der Waals surface area contributed by atoms with Crippen LogP contribution in [0.15, 0.2) is 36.4 Å².